The number of morpholine rings is 1. The molecule has 112 valence electrons. The van der Waals surface area contributed by atoms with Crippen molar-refractivity contribution in [3.05, 3.63) is 40.2 Å². The lowest BCUT2D eigenvalue weighted by atomic mass is 10.1. The molecule has 0 bridgehead atoms. The Labute approximate surface area is 124 Å². The summed E-state index contributed by atoms with van der Waals surface area (Å²) in [5, 5.41) is 1.18. The van der Waals surface area contributed by atoms with Gasteiger partial charge in [-0.15, -0.1) is 0 Å². The molecule has 3 rings (SSSR count). The molecular formula is C17H22N2O2. The maximum absolute atomic E-state index is 12.4. The molecule has 0 saturated carbocycles. The zero-order chi connectivity index (χ0) is 14.8. The first kappa shape index (κ1) is 14.1. The van der Waals surface area contributed by atoms with Crippen molar-refractivity contribution in [2.45, 2.75) is 26.8 Å². The number of fused-ring (bicyclic) bond motifs is 1. The summed E-state index contributed by atoms with van der Waals surface area (Å²) in [5.74, 6) is 0. The molecule has 1 aromatic carbocycles. The molecule has 1 aromatic heterocycles. The number of aryl methyl sites for hydroxylation is 2. The molecule has 0 atom stereocenters. The SMILES string of the molecule is CCc1ccc2c(c1)c(N1CCOCC1)cc(=O)n2CC. The minimum absolute atomic E-state index is 0.0794. The number of rotatable bonds is 3. The number of hydrogen-bond acceptors (Lipinski definition) is 3. The molecule has 0 aliphatic carbocycles. The third kappa shape index (κ3) is 2.56. The Balaban J connectivity index is 2.24. The van der Waals surface area contributed by atoms with E-state index in [0.29, 0.717) is 6.54 Å². The summed E-state index contributed by atoms with van der Waals surface area (Å²) in [7, 11) is 0. The number of anilines is 1. The topological polar surface area (TPSA) is 34.5 Å². The molecular weight excluding hydrogens is 264 g/mol. The molecule has 4 heteroatoms. The summed E-state index contributed by atoms with van der Waals surface area (Å²) in [6.45, 7) is 8.03. The Kier molecular flexibility index (Phi) is 3.97. The number of benzene rings is 1. The van der Waals surface area contributed by atoms with E-state index in [9.17, 15) is 4.79 Å². The van der Waals surface area contributed by atoms with E-state index in [2.05, 4.69) is 30.0 Å². The van der Waals surface area contributed by atoms with E-state index in [0.717, 1.165) is 43.9 Å². The van der Waals surface area contributed by atoms with Crippen LogP contribution in [0.15, 0.2) is 29.1 Å². The zero-order valence-corrected chi connectivity index (χ0v) is 12.8. The van der Waals surface area contributed by atoms with Crippen LogP contribution in [0, 0.1) is 0 Å². The predicted molar refractivity (Wildman–Crippen MR) is 86.3 cm³/mol. The van der Waals surface area contributed by atoms with Gasteiger partial charge in [-0.25, -0.2) is 0 Å². The van der Waals surface area contributed by atoms with Crippen molar-refractivity contribution in [2.24, 2.45) is 0 Å². The highest BCUT2D eigenvalue weighted by molar-refractivity contribution is 5.92. The summed E-state index contributed by atoms with van der Waals surface area (Å²) in [6.07, 6.45) is 1.00. The second-order valence-corrected chi connectivity index (χ2v) is 5.42. The van der Waals surface area contributed by atoms with Crippen molar-refractivity contribution in [3.63, 3.8) is 0 Å². The minimum atomic E-state index is 0.0794. The monoisotopic (exact) mass is 286 g/mol. The lowest BCUT2D eigenvalue weighted by Gasteiger charge is -2.30. The highest BCUT2D eigenvalue weighted by Crippen LogP contribution is 2.27. The minimum Gasteiger partial charge on any atom is -0.378 e. The van der Waals surface area contributed by atoms with Gasteiger partial charge in [-0.3, -0.25) is 4.79 Å². The third-order valence-electron chi connectivity index (χ3n) is 4.23. The summed E-state index contributed by atoms with van der Waals surface area (Å²) in [5.41, 5.74) is 3.47. The van der Waals surface area contributed by atoms with Crippen LogP contribution in [0.3, 0.4) is 0 Å². The lowest BCUT2D eigenvalue weighted by molar-refractivity contribution is 0.123. The van der Waals surface area contributed by atoms with Gasteiger partial charge >= 0.3 is 0 Å². The number of pyridine rings is 1. The number of nitrogens with zero attached hydrogens (tertiary/aromatic N) is 2. The van der Waals surface area contributed by atoms with Gasteiger partial charge in [0.1, 0.15) is 0 Å². The molecule has 0 unspecified atom stereocenters. The fourth-order valence-corrected chi connectivity index (χ4v) is 3.03. The fourth-order valence-electron chi connectivity index (χ4n) is 3.03. The predicted octanol–water partition coefficient (Wildman–Crippen LogP) is 2.42. The van der Waals surface area contributed by atoms with Gasteiger partial charge in [0.25, 0.3) is 5.56 Å². The zero-order valence-electron chi connectivity index (χ0n) is 12.8. The van der Waals surface area contributed by atoms with Gasteiger partial charge in [0, 0.05) is 31.1 Å². The number of hydrogen-bond donors (Lipinski definition) is 0. The van der Waals surface area contributed by atoms with Crippen molar-refractivity contribution in [1.82, 2.24) is 4.57 Å². The summed E-state index contributed by atoms with van der Waals surface area (Å²) in [4.78, 5) is 14.7. The molecule has 21 heavy (non-hydrogen) atoms. The van der Waals surface area contributed by atoms with E-state index in [1.807, 2.05) is 11.5 Å². The fraction of sp³-hybridized carbons (Fsp3) is 0.471. The average Bonchev–Trinajstić information content (AvgIpc) is 2.54. The van der Waals surface area contributed by atoms with Gasteiger partial charge < -0.3 is 14.2 Å². The van der Waals surface area contributed by atoms with E-state index >= 15 is 0 Å². The highest BCUT2D eigenvalue weighted by Gasteiger charge is 2.16. The third-order valence-corrected chi connectivity index (χ3v) is 4.23. The van der Waals surface area contributed by atoms with Crippen LogP contribution < -0.4 is 10.5 Å². The van der Waals surface area contributed by atoms with Crippen molar-refractivity contribution >= 4 is 16.6 Å². The second kappa shape index (κ2) is 5.90. The first-order valence-corrected chi connectivity index (χ1v) is 7.73. The van der Waals surface area contributed by atoms with Gasteiger partial charge in [0.15, 0.2) is 0 Å². The standard InChI is InChI=1S/C17H22N2O2/c1-3-13-5-6-15-14(11-13)16(12-17(20)19(15)4-2)18-7-9-21-10-8-18/h5-6,11-12H,3-4,7-10H2,1-2H3. The average molecular weight is 286 g/mol. The molecule has 1 aliphatic heterocycles. The van der Waals surface area contributed by atoms with Crippen LogP contribution in [0.1, 0.15) is 19.4 Å². The van der Waals surface area contributed by atoms with Crippen molar-refractivity contribution in [1.29, 1.82) is 0 Å². The number of aromatic nitrogens is 1. The van der Waals surface area contributed by atoms with Crippen LogP contribution in [0.4, 0.5) is 5.69 Å². The molecule has 0 N–H and O–H groups in total. The van der Waals surface area contributed by atoms with Gasteiger partial charge in [-0.1, -0.05) is 13.0 Å². The smallest absolute Gasteiger partial charge is 0.253 e. The largest absolute Gasteiger partial charge is 0.378 e. The van der Waals surface area contributed by atoms with Crippen molar-refractivity contribution in [3.8, 4) is 0 Å². The van der Waals surface area contributed by atoms with Crippen LogP contribution in [0.2, 0.25) is 0 Å². The summed E-state index contributed by atoms with van der Waals surface area (Å²) < 4.78 is 7.27. The van der Waals surface area contributed by atoms with Crippen LogP contribution >= 0.6 is 0 Å². The van der Waals surface area contributed by atoms with Crippen LogP contribution in [-0.4, -0.2) is 30.9 Å². The quantitative estimate of drug-likeness (QED) is 0.869. The van der Waals surface area contributed by atoms with Gasteiger partial charge in [0.05, 0.1) is 24.4 Å². The highest BCUT2D eigenvalue weighted by atomic mass is 16.5. The molecule has 2 aromatic rings. The van der Waals surface area contributed by atoms with Crippen LogP contribution in [-0.2, 0) is 17.7 Å². The molecule has 1 aliphatic rings. The summed E-state index contributed by atoms with van der Waals surface area (Å²) >= 11 is 0. The van der Waals surface area contributed by atoms with E-state index in [4.69, 9.17) is 4.74 Å². The molecule has 1 saturated heterocycles. The Bertz CT molecular complexity index is 700. The Morgan fingerprint density at radius 2 is 1.90 bits per heavy atom. The Hall–Kier alpha value is -1.81. The second-order valence-electron chi connectivity index (χ2n) is 5.42. The molecule has 0 radical (unpaired) electrons. The van der Waals surface area contributed by atoms with Gasteiger partial charge in [-0.05, 0) is 31.0 Å². The molecule has 2 heterocycles. The van der Waals surface area contributed by atoms with E-state index in [1.54, 1.807) is 6.07 Å². The first-order valence-electron chi connectivity index (χ1n) is 7.73. The van der Waals surface area contributed by atoms with Crippen molar-refractivity contribution in [2.75, 3.05) is 31.2 Å². The first-order chi connectivity index (χ1) is 10.2. The van der Waals surface area contributed by atoms with Gasteiger partial charge in [-0.2, -0.15) is 0 Å². The molecule has 0 spiro atoms. The molecule has 4 nitrogen and oxygen atoms in total. The molecule has 1 fully saturated rings. The summed E-state index contributed by atoms with van der Waals surface area (Å²) in [6, 6.07) is 8.22. The van der Waals surface area contributed by atoms with E-state index in [1.165, 1.54) is 10.9 Å². The van der Waals surface area contributed by atoms with Crippen molar-refractivity contribution < 1.29 is 4.74 Å². The van der Waals surface area contributed by atoms with E-state index in [-0.39, 0.29) is 5.56 Å². The lowest BCUT2D eigenvalue weighted by Crippen LogP contribution is -2.37. The molecule has 0 amide bonds. The van der Waals surface area contributed by atoms with Crippen LogP contribution in [0.25, 0.3) is 10.9 Å². The Morgan fingerprint density at radius 3 is 2.57 bits per heavy atom. The van der Waals surface area contributed by atoms with E-state index < -0.39 is 0 Å². The van der Waals surface area contributed by atoms with Gasteiger partial charge in [0.2, 0.25) is 0 Å². The maximum Gasteiger partial charge on any atom is 0.253 e. The normalized spacial score (nSPS) is 15.6. The van der Waals surface area contributed by atoms with Crippen LogP contribution in [0.5, 0.6) is 0 Å². The Morgan fingerprint density at radius 1 is 1.14 bits per heavy atom. The number of ether oxygens (including phenoxy) is 1. The maximum atomic E-state index is 12.4.